The van der Waals surface area contributed by atoms with E-state index in [0.29, 0.717) is 46.3 Å². The van der Waals surface area contributed by atoms with Gasteiger partial charge in [-0.25, -0.2) is 9.97 Å². The highest BCUT2D eigenvalue weighted by atomic mass is 16.5. The van der Waals surface area contributed by atoms with Crippen molar-refractivity contribution in [2.45, 2.75) is 38.6 Å². The summed E-state index contributed by atoms with van der Waals surface area (Å²) >= 11 is 0. The molecule has 0 aromatic carbocycles. The van der Waals surface area contributed by atoms with E-state index in [0.717, 1.165) is 30.1 Å². The molecule has 6 heterocycles. The Morgan fingerprint density at radius 1 is 1.19 bits per heavy atom. The molecule has 1 unspecified atom stereocenters. The second-order valence-corrected chi connectivity index (χ2v) is 10.2. The molecule has 11 heteroatoms. The summed E-state index contributed by atoms with van der Waals surface area (Å²) in [7, 11) is 1.92. The highest BCUT2D eigenvalue weighted by molar-refractivity contribution is 5.83. The number of hydrogen-bond donors (Lipinski definition) is 2. The highest BCUT2D eigenvalue weighted by Crippen LogP contribution is 2.32. The lowest BCUT2D eigenvalue weighted by Crippen LogP contribution is -2.22. The average Bonchev–Trinajstić information content (AvgIpc) is 3.65. The number of aromatic nitrogens is 7. The first-order valence-corrected chi connectivity index (χ1v) is 12.1. The molecule has 1 aliphatic rings. The van der Waals surface area contributed by atoms with E-state index in [1.807, 2.05) is 17.7 Å². The molecule has 1 fully saturated rings. The van der Waals surface area contributed by atoms with Crippen LogP contribution in [0.2, 0.25) is 0 Å². The Hall–Kier alpha value is -4.43. The topological polar surface area (TPSA) is 131 Å². The van der Waals surface area contributed by atoms with Crippen LogP contribution in [0.25, 0.3) is 22.2 Å². The fourth-order valence-corrected chi connectivity index (χ4v) is 4.61. The number of anilines is 2. The molecule has 0 amide bonds. The van der Waals surface area contributed by atoms with Crippen LogP contribution in [0.3, 0.4) is 0 Å². The van der Waals surface area contributed by atoms with Crippen molar-refractivity contribution in [3.8, 4) is 17.6 Å². The number of rotatable bonds is 5. The van der Waals surface area contributed by atoms with Crippen molar-refractivity contribution in [2.75, 3.05) is 18.5 Å². The minimum Gasteiger partial charge on any atom is -0.454 e. The van der Waals surface area contributed by atoms with Crippen LogP contribution in [0.15, 0.2) is 36.8 Å². The van der Waals surface area contributed by atoms with Crippen molar-refractivity contribution in [1.82, 2.24) is 34.3 Å². The fourth-order valence-electron chi connectivity index (χ4n) is 4.61. The number of nitrogens with zero attached hydrogens (tertiary/aromatic N) is 7. The van der Waals surface area contributed by atoms with Crippen molar-refractivity contribution in [1.29, 1.82) is 5.26 Å². The Morgan fingerprint density at radius 2 is 2.00 bits per heavy atom. The fraction of sp³-hybridized carbons (Fsp3) is 0.346. The number of fused-ring (bicyclic) bond motifs is 2. The highest BCUT2D eigenvalue weighted by Gasteiger charge is 2.28. The van der Waals surface area contributed by atoms with Gasteiger partial charge in [0.2, 0.25) is 5.95 Å². The maximum absolute atomic E-state index is 9.30. The molecule has 0 bridgehead atoms. The summed E-state index contributed by atoms with van der Waals surface area (Å²) in [6, 6.07) is 8.13. The number of ether oxygens (including phenoxy) is 2. The molecule has 188 valence electrons. The molecule has 5 aromatic rings. The summed E-state index contributed by atoms with van der Waals surface area (Å²) in [5, 5.41) is 18.2. The van der Waals surface area contributed by atoms with Crippen molar-refractivity contribution in [3.05, 3.63) is 48.0 Å². The summed E-state index contributed by atoms with van der Waals surface area (Å²) in [6.07, 6.45) is 5.82. The smallest absolute Gasteiger partial charge is 0.210 e. The van der Waals surface area contributed by atoms with Crippen LogP contribution in [-0.4, -0.2) is 47.5 Å². The SMILES string of the molecule is Cn1c(Nc2cc(C(C)(C)C)n(C3CCOC3)n2)nc2ncc(Oc3cnc4[nH]cc(C#N)c4c3)cc21. The van der Waals surface area contributed by atoms with Crippen LogP contribution in [-0.2, 0) is 17.2 Å². The monoisotopic (exact) mass is 497 g/mol. The predicted octanol–water partition coefficient (Wildman–Crippen LogP) is 4.71. The Labute approximate surface area is 213 Å². The Bertz CT molecular complexity index is 1660. The molecule has 0 radical (unpaired) electrons. The number of imidazole rings is 1. The van der Waals surface area contributed by atoms with Crippen LogP contribution < -0.4 is 10.1 Å². The Morgan fingerprint density at radius 3 is 2.76 bits per heavy atom. The van der Waals surface area contributed by atoms with E-state index in [2.05, 4.69) is 62.8 Å². The number of hydrogen-bond acceptors (Lipinski definition) is 8. The van der Waals surface area contributed by atoms with Gasteiger partial charge in [0.25, 0.3) is 0 Å². The van der Waals surface area contributed by atoms with Crippen molar-refractivity contribution in [3.63, 3.8) is 0 Å². The molecule has 1 atom stereocenters. The van der Waals surface area contributed by atoms with Crippen LogP contribution in [0.5, 0.6) is 11.5 Å². The van der Waals surface area contributed by atoms with Gasteiger partial charge in [-0.05, 0) is 12.5 Å². The van der Waals surface area contributed by atoms with Gasteiger partial charge in [-0.3, -0.25) is 4.68 Å². The van der Waals surface area contributed by atoms with Crippen molar-refractivity contribution in [2.24, 2.45) is 7.05 Å². The third-order valence-corrected chi connectivity index (χ3v) is 6.57. The number of aromatic amines is 1. The molecule has 0 aliphatic carbocycles. The summed E-state index contributed by atoms with van der Waals surface area (Å²) in [5.74, 6) is 2.41. The standard InChI is InChI=1S/C26H27N9O2/c1-26(2,3)21-9-22(33-35(21)16-5-6-36-14-16)31-25-32-24-20(34(25)4)8-18(13-30-24)37-17-7-19-15(10-27)11-28-23(19)29-12-17/h7-9,11-13,16H,5-6,14H2,1-4H3,(H,28,29)(H,30,31,32,33). The Balaban J connectivity index is 1.29. The maximum Gasteiger partial charge on any atom is 0.210 e. The van der Waals surface area contributed by atoms with E-state index in [9.17, 15) is 5.26 Å². The van der Waals surface area contributed by atoms with Gasteiger partial charge in [-0.15, -0.1) is 0 Å². The molecule has 2 N–H and O–H groups in total. The zero-order valence-electron chi connectivity index (χ0n) is 21.1. The first-order chi connectivity index (χ1) is 17.8. The second kappa shape index (κ2) is 8.60. The molecule has 0 spiro atoms. The van der Waals surface area contributed by atoms with Crippen LogP contribution in [0.1, 0.15) is 44.5 Å². The van der Waals surface area contributed by atoms with Crippen LogP contribution in [0, 0.1) is 11.3 Å². The molecule has 5 aromatic heterocycles. The first-order valence-electron chi connectivity index (χ1n) is 12.1. The van der Waals surface area contributed by atoms with Gasteiger partial charge in [0, 0.05) is 48.5 Å². The summed E-state index contributed by atoms with van der Waals surface area (Å²) in [5.41, 5.74) is 3.61. The van der Waals surface area contributed by atoms with Crippen LogP contribution >= 0.6 is 0 Å². The summed E-state index contributed by atoms with van der Waals surface area (Å²) in [6.45, 7) is 7.99. The minimum absolute atomic E-state index is 0.0675. The third-order valence-electron chi connectivity index (χ3n) is 6.57. The quantitative estimate of drug-likeness (QED) is 0.357. The first kappa shape index (κ1) is 23.0. The van der Waals surface area contributed by atoms with Crippen LogP contribution in [0.4, 0.5) is 11.8 Å². The number of nitriles is 1. The van der Waals surface area contributed by atoms with Gasteiger partial charge in [-0.1, -0.05) is 20.8 Å². The van der Waals surface area contributed by atoms with Gasteiger partial charge in [0.15, 0.2) is 11.5 Å². The van der Waals surface area contributed by atoms with E-state index in [1.165, 1.54) is 0 Å². The molecule has 0 saturated carbocycles. The average molecular weight is 498 g/mol. The maximum atomic E-state index is 9.30. The molecular formula is C26H27N9O2. The van der Waals surface area contributed by atoms with E-state index in [4.69, 9.17) is 14.6 Å². The third kappa shape index (κ3) is 4.15. The van der Waals surface area contributed by atoms with Gasteiger partial charge < -0.3 is 24.3 Å². The van der Waals surface area contributed by atoms with E-state index >= 15 is 0 Å². The van der Waals surface area contributed by atoms with E-state index in [1.54, 1.807) is 24.7 Å². The molecule has 11 nitrogen and oxygen atoms in total. The lowest BCUT2D eigenvalue weighted by Gasteiger charge is -2.22. The number of nitrogens with one attached hydrogen (secondary N) is 2. The molecular weight excluding hydrogens is 470 g/mol. The van der Waals surface area contributed by atoms with Gasteiger partial charge in [-0.2, -0.15) is 15.3 Å². The van der Waals surface area contributed by atoms with E-state index in [-0.39, 0.29) is 11.5 Å². The van der Waals surface area contributed by atoms with Gasteiger partial charge in [0.1, 0.15) is 23.2 Å². The molecule has 1 aliphatic heterocycles. The lowest BCUT2D eigenvalue weighted by molar-refractivity contribution is 0.183. The normalized spacial score (nSPS) is 15.9. The van der Waals surface area contributed by atoms with E-state index < -0.39 is 0 Å². The van der Waals surface area contributed by atoms with Crippen molar-refractivity contribution < 1.29 is 9.47 Å². The molecule has 1 saturated heterocycles. The Kier molecular flexibility index (Phi) is 5.35. The summed E-state index contributed by atoms with van der Waals surface area (Å²) < 4.78 is 15.6. The van der Waals surface area contributed by atoms with Crippen molar-refractivity contribution >= 4 is 34.0 Å². The van der Waals surface area contributed by atoms with Gasteiger partial charge in [0.05, 0.1) is 36.1 Å². The second-order valence-electron chi connectivity index (χ2n) is 10.2. The molecule has 6 rings (SSSR count). The predicted molar refractivity (Wildman–Crippen MR) is 138 cm³/mol. The zero-order valence-corrected chi connectivity index (χ0v) is 21.1. The number of aryl methyl sites for hydroxylation is 1. The minimum atomic E-state index is -0.0675. The molecule has 37 heavy (non-hydrogen) atoms. The number of H-pyrrole nitrogens is 1. The summed E-state index contributed by atoms with van der Waals surface area (Å²) in [4.78, 5) is 16.5. The largest absolute Gasteiger partial charge is 0.454 e. The zero-order chi connectivity index (χ0) is 25.7. The number of pyridine rings is 2. The van der Waals surface area contributed by atoms with Gasteiger partial charge >= 0.3 is 0 Å². The lowest BCUT2D eigenvalue weighted by atomic mass is 9.91.